The molecule has 1 aliphatic heterocycles. The van der Waals surface area contributed by atoms with E-state index >= 15 is 0 Å². The number of benzene rings is 1. The predicted octanol–water partition coefficient (Wildman–Crippen LogP) is 3.39. The molecule has 2 heterocycles. The summed E-state index contributed by atoms with van der Waals surface area (Å²) in [5, 5.41) is 3.09. The molecule has 27 heavy (non-hydrogen) atoms. The molecule has 0 radical (unpaired) electrons. The number of nitrogens with one attached hydrogen (secondary N) is 1. The van der Waals surface area contributed by atoms with Crippen LogP contribution < -0.4 is 5.32 Å². The molecular formula is C22H27N3O2. The second-order valence-electron chi connectivity index (χ2n) is 7.15. The van der Waals surface area contributed by atoms with Crippen LogP contribution in [0.3, 0.4) is 0 Å². The average Bonchev–Trinajstić information content (AvgIpc) is 2.66. The second kappa shape index (κ2) is 9.31. The fourth-order valence-corrected chi connectivity index (χ4v) is 3.49. The topological polar surface area (TPSA) is 62.3 Å². The van der Waals surface area contributed by atoms with Crippen LogP contribution in [0.5, 0.6) is 0 Å². The first-order chi connectivity index (χ1) is 13.1. The Morgan fingerprint density at radius 1 is 1.15 bits per heavy atom. The van der Waals surface area contributed by atoms with Gasteiger partial charge < -0.3 is 10.2 Å². The summed E-state index contributed by atoms with van der Waals surface area (Å²) in [7, 11) is 0. The summed E-state index contributed by atoms with van der Waals surface area (Å²) < 4.78 is 0. The van der Waals surface area contributed by atoms with Crippen LogP contribution in [0.1, 0.15) is 55.0 Å². The maximum atomic E-state index is 12.8. The summed E-state index contributed by atoms with van der Waals surface area (Å²) in [6, 6.07) is 13.4. The van der Waals surface area contributed by atoms with Gasteiger partial charge in [-0.15, -0.1) is 0 Å². The number of aromatic nitrogens is 1. The largest absolute Gasteiger partial charge is 0.342 e. The Morgan fingerprint density at radius 3 is 2.78 bits per heavy atom. The summed E-state index contributed by atoms with van der Waals surface area (Å²) in [6.07, 6.45) is 6.35. The molecule has 1 aromatic heterocycles. The average molecular weight is 365 g/mol. The van der Waals surface area contributed by atoms with E-state index in [1.54, 1.807) is 11.1 Å². The predicted molar refractivity (Wildman–Crippen MR) is 105 cm³/mol. The number of carbonyl (C=O) groups is 2. The molecule has 1 fully saturated rings. The molecule has 3 rings (SSSR count). The maximum Gasteiger partial charge on any atom is 0.240 e. The van der Waals surface area contributed by atoms with E-state index < -0.39 is 0 Å². The number of carbonyl (C=O) groups excluding carboxylic acids is 2. The van der Waals surface area contributed by atoms with E-state index in [2.05, 4.69) is 16.4 Å². The fourth-order valence-electron chi connectivity index (χ4n) is 3.49. The molecule has 5 nitrogen and oxygen atoms in total. The van der Waals surface area contributed by atoms with Gasteiger partial charge in [-0.3, -0.25) is 14.6 Å². The van der Waals surface area contributed by atoms with Crippen molar-refractivity contribution in [3.8, 4) is 0 Å². The Balaban J connectivity index is 1.75. The molecule has 0 saturated carbocycles. The zero-order chi connectivity index (χ0) is 19.1. The minimum absolute atomic E-state index is 0.0785. The number of pyridine rings is 1. The summed E-state index contributed by atoms with van der Waals surface area (Å²) in [5.74, 6) is -0.0733. The fraction of sp³-hybridized carbons (Fsp3) is 0.409. The van der Waals surface area contributed by atoms with Crippen LogP contribution in [0.4, 0.5) is 0 Å². The smallest absolute Gasteiger partial charge is 0.240 e. The van der Waals surface area contributed by atoms with Crippen LogP contribution in [0.15, 0.2) is 48.7 Å². The molecular weight excluding hydrogens is 338 g/mol. The van der Waals surface area contributed by atoms with E-state index in [1.807, 2.05) is 43.3 Å². The number of hydrogen-bond donors (Lipinski definition) is 1. The lowest BCUT2D eigenvalue weighted by molar-refractivity contribution is -0.136. The van der Waals surface area contributed by atoms with Gasteiger partial charge in [-0.05, 0) is 37.5 Å². The lowest BCUT2D eigenvalue weighted by Crippen LogP contribution is -2.43. The van der Waals surface area contributed by atoms with Crippen molar-refractivity contribution in [2.75, 3.05) is 13.1 Å². The number of nitrogens with zero attached hydrogens (tertiary/aromatic N) is 2. The third kappa shape index (κ3) is 5.39. The van der Waals surface area contributed by atoms with Gasteiger partial charge in [0.15, 0.2) is 0 Å². The van der Waals surface area contributed by atoms with Crippen molar-refractivity contribution < 1.29 is 9.59 Å². The van der Waals surface area contributed by atoms with Gasteiger partial charge in [-0.1, -0.05) is 48.7 Å². The summed E-state index contributed by atoms with van der Waals surface area (Å²) in [4.78, 5) is 31.2. The van der Waals surface area contributed by atoms with Crippen molar-refractivity contribution in [1.29, 1.82) is 0 Å². The molecule has 0 spiro atoms. The minimum atomic E-state index is -0.330. The summed E-state index contributed by atoms with van der Waals surface area (Å²) in [6.45, 7) is 2.79. The maximum absolute atomic E-state index is 12.8. The highest BCUT2D eigenvalue weighted by molar-refractivity contribution is 5.85. The number of aryl methyl sites for hydroxylation is 1. The molecule has 1 N–H and O–H groups in total. The normalized spacial score (nSPS) is 16.3. The van der Waals surface area contributed by atoms with Crippen LogP contribution in [0.25, 0.3) is 0 Å². The third-order valence-electron chi connectivity index (χ3n) is 4.92. The zero-order valence-electron chi connectivity index (χ0n) is 15.9. The molecule has 1 atom stereocenters. The molecule has 1 aliphatic rings. The van der Waals surface area contributed by atoms with E-state index in [4.69, 9.17) is 0 Å². The van der Waals surface area contributed by atoms with E-state index in [9.17, 15) is 9.59 Å². The molecule has 2 aromatic rings. The van der Waals surface area contributed by atoms with Crippen molar-refractivity contribution in [2.24, 2.45) is 0 Å². The Hall–Kier alpha value is -2.69. The van der Waals surface area contributed by atoms with Gasteiger partial charge in [-0.25, -0.2) is 0 Å². The summed E-state index contributed by atoms with van der Waals surface area (Å²) in [5.41, 5.74) is 2.90. The first kappa shape index (κ1) is 19.1. The van der Waals surface area contributed by atoms with Crippen molar-refractivity contribution in [2.45, 2.75) is 45.1 Å². The highest BCUT2D eigenvalue weighted by Crippen LogP contribution is 2.21. The van der Waals surface area contributed by atoms with Crippen LogP contribution in [0, 0.1) is 6.92 Å². The van der Waals surface area contributed by atoms with Crippen LogP contribution in [-0.4, -0.2) is 34.8 Å². The van der Waals surface area contributed by atoms with Gasteiger partial charge >= 0.3 is 0 Å². The zero-order valence-corrected chi connectivity index (χ0v) is 15.9. The van der Waals surface area contributed by atoms with E-state index in [-0.39, 0.29) is 24.4 Å². The molecule has 1 saturated heterocycles. The van der Waals surface area contributed by atoms with Crippen molar-refractivity contribution in [3.05, 3.63) is 65.5 Å². The molecule has 5 heteroatoms. The van der Waals surface area contributed by atoms with E-state index in [0.717, 1.165) is 42.5 Å². The van der Waals surface area contributed by atoms with Crippen molar-refractivity contribution >= 4 is 11.8 Å². The minimum Gasteiger partial charge on any atom is -0.342 e. The van der Waals surface area contributed by atoms with Gasteiger partial charge in [0.2, 0.25) is 11.8 Å². The Bertz CT molecular complexity index is 776. The van der Waals surface area contributed by atoms with Crippen LogP contribution >= 0.6 is 0 Å². The molecule has 1 aromatic carbocycles. The van der Waals surface area contributed by atoms with Gasteiger partial charge in [0.1, 0.15) is 0 Å². The monoisotopic (exact) mass is 365 g/mol. The molecule has 0 aliphatic carbocycles. The van der Waals surface area contributed by atoms with Gasteiger partial charge in [0.05, 0.1) is 18.3 Å². The Labute approximate surface area is 160 Å². The Kier molecular flexibility index (Phi) is 6.58. The standard InChI is InChI=1S/C22H27N3O2/c1-17-9-8-10-18(15-17)22(19-11-5-6-13-23-19)24-20(26)16-25-14-7-3-2-4-12-21(25)27/h5-6,8-11,13,15,22H,2-4,7,12,14,16H2,1H3,(H,24,26). The highest BCUT2D eigenvalue weighted by atomic mass is 16.2. The first-order valence-electron chi connectivity index (χ1n) is 9.68. The molecule has 1 unspecified atom stereocenters. The number of amides is 2. The highest BCUT2D eigenvalue weighted by Gasteiger charge is 2.22. The lowest BCUT2D eigenvalue weighted by atomic mass is 10.0. The van der Waals surface area contributed by atoms with Crippen molar-refractivity contribution in [1.82, 2.24) is 15.2 Å². The van der Waals surface area contributed by atoms with Crippen LogP contribution in [0.2, 0.25) is 0 Å². The van der Waals surface area contributed by atoms with Crippen molar-refractivity contribution in [3.63, 3.8) is 0 Å². The molecule has 0 bridgehead atoms. The third-order valence-corrected chi connectivity index (χ3v) is 4.92. The quantitative estimate of drug-likeness (QED) is 0.883. The van der Waals surface area contributed by atoms with E-state index in [1.165, 1.54) is 0 Å². The van der Waals surface area contributed by atoms with Gasteiger partial charge in [0, 0.05) is 19.2 Å². The number of likely N-dealkylation sites (tertiary alicyclic amines) is 1. The second-order valence-corrected chi connectivity index (χ2v) is 7.15. The van der Waals surface area contributed by atoms with E-state index in [0.29, 0.717) is 13.0 Å². The Morgan fingerprint density at radius 2 is 2.00 bits per heavy atom. The summed E-state index contributed by atoms with van der Waals surface area (Å²) >= 11 is 0. The number of hydrogen-bond acceptors (Lipinski definition) is 3. The molecule has 2 amide bonds. The lowest BCUT2D eigenvalue weighted by Gasteiger charge is -2.26. The SMILES string of the molecule is Cc1cccc(C(NC(=O)CN2CCCCCCC2=O)c2ccccn2)c1. The first-order valence-corrected chi connectivity index (χ1v) is 9.68. The number of rotatable bonds is 5. The molecule has 142 valence electrons. The van der Waals surface area contributed by atoms with Gasteiger partial charge in [0.25, 0.3) is 0 Å². The van der Waals surface area contributed by atoms with Crippen LogP contribution in [-0.2, 0) is 9.59 Å². The van der Waals surface area contributed by atoms with Gasteiger partial charge in [-0.2, -0.15) is 0 Å².